The number of aromatic nitrogens is 1. The van der Waals surface area contributed by atoms with Crippen LogP contribution in [0, 0.1) is 11.8 Å². The van der Waals surface area contributed by atoms with Crippen LogP contribution in [0.15, 0.2) is 5.38 Å². The molecule has 0 saturated carbocycles. The van der Waals surface area contributed by atoms with Gasteiger partial charge in [-0.25, -0.2) is 4.98 Å². The molecule has 0 bridgehead atoms. The van der Waals surface area contributed by atoms with Crippen molar-refractivity contribution in [1.29, 1.82) is 0 Å². The Bertz CT molecular complexity index is 404. The molecule has 3 nitrogen and oxygen atoms in total. The molecule has 0 aromatic carbocycles. The number of thiazole rings is 1. The van der Waals surface area contributed by atoms with E-state index < -0.39 is 0 Å². The molecule has 1 aromatic rings. The minimum Gasteiger partial charge on any atom is -0.345 e. The van der Waals surface area contributed by atoms with Crippen molar-refractivity contribution in [1.82, 2.24) is 10.3 Å². The first kappa shape index (κ1) is 14.8. The summed E-state index contributed by atoms with van der Waals surface area (Å²) in [4.78, 5) is 7.36. The van der Waals surface area contributed by atoms with Gasteiger partial charge in [-0.05, 0) is 38.6 Å². The zero-order valence-corrected chi connectivity index (χ0v) is 13.6. The van der Waals surface area contributed by atoms with Crippen molar-refractivity contribution in [2.75, 3.05) is 18.0 Å². The minimum absolute atomic E-state index is 0.352. The van der Waals surface area contributed by atoms with Crippen molar-refractivity contribution in [2.24, 2.45) is 11.8 Å². The van der Waals surface area contributed by atoms with Gasteiger partial charge in [0.05, 0.1) is 5.69 Å². The first-order chi connectivity index (χ1) is 9.02. The SMILES string of the molecule is CCNC(C)c1csc(N2CC(C)CC(C)C2C)n1. The van der Waals surface area contributed by atoms with Gasteiger partial charge in [0.25, 0.3) is 0 Å². The molecule has 1 aliphatic rings. The van der Waals surface area contributed by atoms with E-state index in [1.54, 1.807) is 11.3 Å². The second-order valence-electron chi connectivity index (χ2n) is 6.05. The van der Waals surface area contributed by atoms with Crippen molar-refractivity contribution in [3.05, 3.63) is 11.1 Å². The molecule has 1 saturated heterocycles. The highest BCUT2D eigenvalue weighted by molar-refractivity contribution is 7.13. The molecule has 1 N–H and O–H groups in total. The second kappa shape index (κ2) is 6.23. The van der Waals surface area contributed by atoms with Crippen LogP contribution >= 0.6 is 11.3 Å². The van der Waals surface area contributed by atoms with Gasteiger partial charge in [-0.3, -0.25) is 0 Å². The highest BCUT2D eigenvalue weighted by Crippen LogP contribution is 2.33. The molecule has 19 heavy (non-hydrogen) atoms. The largest absolute Gasteiger partial charge is 0.345 e. The van der Waals surface area contributed by atoms with Gasteiger partial charge < -0.3 is 10.2 Å². The fraction of sp³-hybridized carbons (Fsp3) is 0.800. The molecule has 108 valence electrons. The molecule has 1 fully saturated rings. The van der Waals surface area contributed by atoms with Crippen LogP contribution in [-0.4, -0.2) is 24.1 Å². The fourth-order valence-corrected chi connectivity index (χ4v) is 4.00. The molecule has 0 radical (unpaired) electrons. The van der Waals surface area contributed by atoms with Crippen molar-refractivity contribution in [2.45, 2.75) is 53.1 Å². The first-order valence-electron chi connectivity index (χ1n) is 7.48. The summed E-state index contributed by atoms with van der Waals surface area (Å²) < 4.78 is 0. The summed E-state index contributed by atoms with van der Waals surface area (Å²) in [7, 11) is 0. The third kappa shape index (κ3) is 3.29. The van der Waals surface area contributed by atoms with Crippen LogP contribution in [0.2, 0.25) is 0 Å². The summed E-state index contributed by atoms with van der Waals surface area (Å²) in [6, 6.07) is 0.953. The number of nitrogens with zero attached hydrogens (tertiary/aromatic N) is 2. The molecule has 0 amide bonds. The van der Waals surface area contributed by atoms with Crippen molar-refractivity contribution >= 4 is 16.5 Å². The van der Waals surface area contributed by atoms with E-state index in [1.807, 2.05) is 0 Å². The molecule has 0 aliphatic carbocycles. The Hall–Kier alpha value is -0.610. The highest BCUT2D eigenvalue weighted by atomic mass is 32.1. The lowest BCUT2D eigenvalue weighted by atomic mass is 9.86. The zero-order valence-electron chi connectivity index (χ0n) is 12.8. The predicted octanol–water partition coefficient (Wildman–Crippen LogP) is 3.68. The molecule has 4 heteroatoms. The summed E-state index contributed by atoms with van der Waals surface area (Å²) in [5.41, 5.74) is 1.18. The van der Waals surface area contributed by atoms with E-state index in [2.05, 4.69) is 50.2 Å². The molecular formula is C15H27N3S. The van der Waals surface area contributed by atoms with Crippen LogP contribution in [0.25, 0.3) is 0 Å². The normalized spacial score (nSPS) is 29.5. The molecule has 4 unspecified atom stereocenters. The smallest absolute Gasteiger partial charge is 0.185 e. The molecule has 2 heterocycles. The van der Waals surface area contributed by atoms with Gasteiger partial charge in [0.15, 0.2) is 5.13 Å². The van der Waals surface area contributed by atoms with E-state index in [0.717, 1.165) is 24.9 Å². The van der Waals surface area contributed by atoms with Gasteiger partial charge >= 0.3 is 0 Å². The van der Waals surface area contributed by atoms with Crippen molar-refractivity contribution in [3.63, 3.8) is 0 Å². The van der Waals surface area contributed by atoms with Crippen LogP contribution in [-0.2, 0) is 0 Å². The lowest BCUT2D eigenvalue weighted by Gasteiger charge is -2.41. The van der Waals surface area contributed by atoms with Crippen LogP contribution in [0.5, 0.6) is 0 Å². The maximum absolute atomic E-state index is 4.85. The second-order valence-corrected chi connectivity index (χ2v) is 6.88. The highest BCUT2D eigenvalue weighted by Gasteiger charge is 2.30. The topological polar surface area (TPSA) is 28.2 Å². The lowest BCUT2D eigenvalue weighted by molar-refractivity contribution is 0.296. The summed E-state index contributed by atoms with van der Waals surface area (Å²) in [5, 5.41) is 6.84. The quantitative estimate of drug-likeness (QED) is 0.912. The summed E-state index contributed by atoms with van der Waals surface area (Å²) in [5.74, 6) is 1.52. The minimum atomic E-state index is 0.352. The molecular weight excluding hydrogens is 254 g/mol. The number of anilines is 1. The Balaban J connectivity index is 2.12. The molecule has 1 aromatic heterocycles. The predicted molar refractivity (Wildman–Crippen MR) is 84.0 cm³/mol. The Morgan fingerprint density at radius 2 is 2.21 bits per heavy atom. The third-order valence-corrected chi connectivity index (χ3v) is 5.20. The summed E-state index contributed by atoms with van der Waals surface area (Å²) >= 11 is 1.79. The molecule has 1 aliphatic heterocycles. The first-order valence-corrected chi connectivity index (χ1v) is 8.36. The van der Waals surface area contributed by atoms with Crippen LogP contribution in [0.3, 0.4) is 0 Å². The maximum Gasteiger partial charge on any atom is 0.185 e. The van der Waals surface area contributed by atoms with Crippen molar-refractivity contribution in [3.8, 4) is 0 Å². The monoisotopic (exact) mass is 281 g/mol. The Morgan fingerprint density at radius 1 is 1.47 bits per heavy atom. The third-order valence-electron chi connectivity index (χ3n) is 4.31. The van der Waals surface area contributed by atoms with Crippen LogP contribution < -0.4 is 10.2 Å². The maximum atomic E-state index is 4.85. The van der Waals surface area contributed by atoms with Crippen molar-refractivity contribution < 1.29 is 0 Å². The van der Waals surface area contributed by atoms with E-state index in [4.69, 9.17) is 4.98 Å². The zero-order chi connectivity index (χ0) is 14.0. The Kier molecular flexibility index (Phi) is 4.85. The molecule has 0 spiro atoms. The number of piperidine rings is 1. The number of hydrogen-bond acceptors (Lipinski definition) is 4. The van der Waals surface area contributed by atoms with Gasteiger partial charge in [-0.1, -0.05) is 20.8 Å². The summed E-state index contributed by atoms with van der Waals surface area (Å²) in [6.45, 7) is 13.5. The standard InChI is InChI=1S/C15H27N3S/c1-6-16-12(4)14-9-19-15(17-14)18-8-10(2)7-11(3)13(18)5/h9-13,16H,6-8H2,1-5H3. The van der Waals surface area contributed by atoms with Gasteiger partial charge in [0.1, 0.15) is 0 Å². The van der Waals surface area contributed by atoms with Crippen LogP contribution in [0.4, 0.5) is 5.13 Å². The van der Waals surface area contributed by atoms with Gasteiger partial charge in [-0.2, -0.15) is 0 Å². The van der Waals surface area contributed by atoms with E-state index in [1.165, 1.54) is 17.2 Å². The fourth-order valence-electron chi connectivity index (χ4n) is 2.99. The number of nitrogens with one attached hydrogen (secondary N) is 1. The Labute approximate surface area is 121 Å². The average molecular weight is 281 g/mol. The average Bonchev–Trinajstić information content (AvgIpc) is 2.83. The Morgan fingerprint density at radius 3 is 2.89 bits per heavy atom. The summed E-state index contributed by atoms with van der Waals surface area (Å²) in [6.07, 6.45) is 1.34. The van der Waals surface area contributed by atoms with E-state index in [0.29, 0.717) is 12.1 Å². The van der Waals surface area contributed by atoms with Gasteiger partial charge in [-0.15, -0.1) is 11.3 Å². The number of rotatable bonds is 4. The lowest BCUT2D eigenvalue weighted by Crippen LogP contribution is -2.45. The molecule has 2 rings (SSSR count). The molecule has 4 atom stereocenters. The van der Waals surface area contributed by atoms with E-state index >= 15 is 0 Å². The van der Waals surface area contributed by atoms with Gasteiger partial charge in [0.2, 0.25) is 0 Å². The van der Waals surface area contributed by atoms with Crippen LogP contribution in [0.1, 0.15) is 52.8 Å². The van der Waals surface area contributed by atoms with Gasteiger partial charge in [0, 0.05) is 24.0 Å². The van der Waals surface area contributed by atoms with E-state index in [-0.39, 0.29) is 0 Å². The van der Waals surface area contributed by atoms with E-state index in [9.17, 15) is 0 Å². The number of hydrogen-bond donors (Lipinski definition) is 1.